The Kier molecular flexibility index (Phi) is 6.02. The van der Waals surface area contributed by atoms with Gasteiger partial charge in [0.25, 0.3) is 0 Å². The molecular formula is C19H25N3O2S. The van der Waals surface area contributed by atoms with Crippen LogP contribution in [-0.4, -0.2) is 22.8 Å². The van der Waals surface area contributed by atoms with Crippen LogP contribution in [0.3, 0.4) is 0 Å². The van der Waals surface area contributed by atoms with E-state index in [1.807, 2.05) is 12.1 Å². The lowest BCUT2D eigenvalue weighted by Crippen LogP contribution is -2.34. The topological polar surface area (TPSA) is 71.1 Å². The number of carbonyl (C=O) groups is 2. The molecule has 25 heavy (non-hydrogen) atoms. The standard InChI is InChI=1S/C19H25N3O2S/c1-13(23)20-19-22-16-10-8-14(12-17(16)25-19)9-11-18(24)21-15-6-4-2-3-5-7-15/h8,10,12,15H,2-7,9,11H2,1H3,(H,21,24)(H,20,22,23). The quantitative estimate of drug-likeness (QED) is 0.792. The first-order valence-corrected chi connectivity index (χ1v) is 9.88. The molecule has 3 rings (SSSR count). The van der Waals surface area contributed by atoms with Crippen LogP contribution in [0, 0.1) is 0 Å². The Bertz CT molecular complexity index is 748. The smallest absolute Gasteiger partial charge is 0.223 e. The molecule has 1 heterocycles. The van der Waals surface area contributed by atoms with Crippen LogP contribution in [-0.2, 0) is 16.0 Å². The molecule has 0 aliphatic heterocycles. The van der Waals surface area contributed by atoms with E-state index in [1.165, 1.54) is 43.9 Å². The summed E-state index contributed by atoms with van der Waals surface area (Å²) >= 11 is 1.46. The molecule has 5 nitrogen and oxygen atoms in total. The monoisotopic (exact) mass is 359 g/mol. The van der Waals surface area contributed by atoms with Crippen molar-refractivity contribution in [3.63, 3.8) is 0 Å². The number of thiazole rings is 1. The van der Waals surface area contributed by atoms with Crippen LogP contribution < -0.4 is 10.6 Å². The Balaban J connectivity index is 1.55. The van der Waals surface area contributed by atoms with Gasteiger partial charge in [-0.1, -0.05) is 43.1 Å². The van der Waals surface area contributed by atoms with E-state index >= 15 is 0 Å². The minimum absolute atomic E-state index is 0.116. The largest absolute Gasteiger partial charge is 0.353 e. The summed E-state index contributed by atoms with van der Waals surface area (Å²) in [6.07, 6.45) is 8.51. The van der Waals surface area contributed by atoms with E-state index in [0.29, 0.717) is 17.6 Å². The summed E-state index contributed by atoms with van der Waals surface area (Å²) in [6.45, 7) is 1.48. The Labute approximate surface area is 152 Å². The second-order valence-electron chi connectivity index (χ2n) is 6.76. The summed E-state index contributed by atoms with van der Waals surface area (Å²) in [5.41, 5.74) is 2.00. The SMILES string of the molecule is CC(=O)Nc1nc2ccc(CCC(=O)NC3CCCCCC3)cc2s1. The number of aryl methyl sites for hydroxylation is 1. The van der Waals surface area contributed by atoms with Crippen LogP contribution in [0.4, 0.5) is 5.13 Å². The van der Waals surface area contributed by atoms with Crippen molar-refractivity contribution in [3.8, 4) is 0 Å². The molecule has 1 aliphatic rings. The predicted molar refractivity (Wildman–Crippen MR) is 102 cm³/mol. The molecule has 0 atom stereocenters. The van der Waals surface area contributed by atoms with E-state index < -0.39 is 0 Å². The number of aromatic nitrogens is 1. The molecule has 1 aliphatic carbocycles. The third kappa shape index (κ3) is 5.26. The number of benzene rings is 1. The molecule has 0 bridgehead atoms. The fraction of sp³-hybridized carbons (Fsp3) is 0.526. The Hall–Kier alpha value is -1.95. The zero-order valence-corrected chi connectivity index (χ0v) is 15.5. The Morgan fingerprint density at radius 2 is 1.96 bits per heavy atom. The van der Waals surface area contributed by atoms with Gasteiger partial charge in [-0.05, 0) is 37.0 Å². The van der Waals surface area contributed by atoms with Gasteiger partial charge in [-0.2, -0.15) is 0 Å². The van der Waals surface area contributed by atoms with Crippen molar-refractivity contribution in [2.24, 2.45) is 0 Å². The first kappa shape index (κ1) is 17.9. The van der Waals surface area contributed by atoms with Crippen LogP contribution in [0.15, 0.2) is 18.2 Å². The van der Waals surface area contributed by atoms with Crippen LogP contribution >= 0.6 is 11.3 Å². The molecule has 1 fully saturated rings. The minimum Gasteiger partial charge on any atom is -0.353 e. The Morgan fingerprint density at radius 3 is 2.68 bits per heavy atom. The molecule has 0 unspecified atom stereocenters. The molecule has 0 radical (unpaired) electrons. The highest BCUT2D eigenvalue weighted by Gasteiger charge is 2.14. The van der Waals surface area contributed by atoms with Crippen molar-refractivity contribution in [2.75, 3.05) is 5.32 Å². The molecule has 0 saturated heterocycles. The molecule has 134 valence electrons. The highest BCUT2D eigenvalue weighted by molar-refractivity contribution is 7.22. The van der Waals surface area contributed by atoms with Crippen LogP contribution in [0.2, 0.25) is 0 Å². The van der Waals surface area contributed by atoms with Crippen molar-refractivity contribution in [1.29, 1.82) is 0 Å². The molecule has 2 amide bonds. The maximum Gasteiger partial charge on any atom is 0.223 e. The summed E-state index contributed by atoms with van der Waals surface area (Å²) in [5.74, 6) is 0.0321. The number of rotatable bonds is 5. The number of amides is 2. The maximum absolute atomic E-state index is 12.2. The van der Waals surface area contributed by atoms with Crippen LogP contribution in [0.1, 0.15) is 57.4 Å². The summed E-state index contributed by atoms with van der Waals surface area (Å²) < 4.78 is 1.03. The number of hydrogen-bond acceptors (Lipinski definition) is 4. The molecule has 2 N–H and O–H groups in total. The van der Waals surface area contributed by atoms with Crippen LogP contribution in [0.25, 0.3) is 10.2 Å². The summed E-state index contributed by atoms with van der Waals surface area (Å²) in [4.78, 5) is 27.7. The van der Waals surface area contributed by atoms with E-state index in [-0.39, 0.29) is 11.8 Å². The third-order valence-corrected chi connectivity index (χ3v) is 5.53. The Morgan fingerprint density at radius 1 is 1.20 bits per heavy atom. The number of nitrogens with one attached hydrogen (secondary N) is 2. The molecular weight excluding hydrogens is 334 g/mol. The fourth-order valence-electron chi connectivity index (χ4n) is 3.31. The second-order valence-corrected chi connectivity index (χ2v) is 7.79. The van der Waals surface area contributed by atoms with Gasteiger partial charge in [0.1, 0.15) is 0 Å². The van der Waals surface area contributed by atoms with Gasteiger partial charge >= 0.3 is 0 Å². The van der Waals surface area contributed by atoms with Crippen molar-refractivity contribution in [1.82, 2.24) is 10.3 Å². The van der Waals surface area contributed by atoms with Gasteiger partial charge in [-0.15, -0.1) is 0 Å². The molecule has 1 saturated carbocycles. The van der Waals surface area contributed by atoms with Gasteiger partial charge in [-0.3, -0.25) is 9.59 Å². The molecule has 0 spiro atoms. The third-order valence-electron chi connectivity index (χ3n) is 4.60. The van der Waals surface area contributed by atoms with E-state index in [4.69, 9.17) is 0 Å². The van der Waals surface area contributed by atoms with E-state index in [1.54, 1.807) is 0 Å². The zero-order valence-electron chi connectivity index (χ0n) is 14.6. The van der Waals surface area contributed by atoms with E-state index in [2.05, 4.69) is 21.7 Å². The predicted octanol–water partition coefficient (Wildman–Crippen LogP) is 4.03. The minimum atomic E-state index is -0.116. The summed E-state index contributed by atoms with van der Waals surface area (Å²) in [7, 11) is 0. The number of carbonyl (C=O) groups excluding carboxylic acids is 2. The van der Waals surface area contributed by atoms with Gasteiger partial charge in [0, 0.05) is 19.4 Å². The van der Waals surface area contributed by atoms with Gasteiger partial charge in [0.05, 0.1) is 10.2 Å². The highest BCUT2D eigenvalue weighted by Crippen LogP contribution is 2.27. The number of fused-ring (bicyclic) bond motifs is 1. The average Bonchev–Trinajstić information content (AvgIpc) is 2.77. The molecule has 1 aromatic heterocycles. The number of hydrogen-bond donors (Lipinski definition) is 2. The van der Waals surface area contributed by atoms with Crippen molar-refractivity contribution < 1.29 is 9.59 Å². The van der Waals surface area contributed by atoms with E-state index in [9.17, 15) is 9.59 Å². The summed E-state index contributed by atoms with van der Waals surface area (Å²) in [5, 5.41) is 6.53. The van der Waals surface area contributed by atoms with Crippen molar-refractivity contribution in [2.45, 2.75) is 64.3 Å². The summed E-state index contributed by atoms with van der Waals surface area (Å²) in [6, 6.07) is 6.39. The van der Waals surface area contributed by atoms with Gasteiger partial charge in [-0.25, -0.2) is 4.98 Å². The number of nitrogens with zero attached hydrogens (tertiary/aromatic N) is 1. The number of anilines is 1. The first-order chi connectivity index (χ1) is 12.1. The first-order valence-electron chi connectivity index (χ1n) is 9.06. The van der Waals surface area contributed by atoms with E-state index in [0.717, 1.165) is 35.0 Å². The van der Waals surface area contributed by atoms with Crippen molar-refractivity contribution >= 4 is 38.5 Å². The molecule has 1 aromatic carbocycles. The normalized spacial score (nSPS) is 15.7. The molecule has 6 heteroatoms. The van der Waals surface area contributed by atoms with Crippen molar-refractivity contribution in [3.05, 3.63) is 23.8 Å². The lowest BCUT2D eigenvalue weighted by molar-refractivity contribution is -0.121. The van der Waals surface area contributed by atoms with Gasteiger partial charge < -0.3 is 10.6 Å². The van der Waals surface area contributed by atoms with Crippen LogP contribution in [0.5, 0.6) is 0 Å². The van der Waals surface area contributed by atoms with Gasteiger partial charge in [0.15, 0.2) is 5.13 Å². The maximum atomic E-state index is 12.2. The lowest BCUT2D eigenvalue weighted by atomic mass is 10.1. The second kappa shape index (κ2) is 8.43. The zero-order chi connectivity index (χ0) is 17.6. The lowest BCUT2D eigenvalue weighted by Gasteiger charge is -2.16. The average molecular weight is 359 g/mol. The van der Waals surface area contributed by atoms with Gasteiger partial charge in [0.2, 0.25) is 11.8 Å². The highest BCUT2D eigenvalue weighted by atomic mass is 32.1. The molecule has 2 aromatic rings. The fourth-order valence-corrected chi connectivity index (χ4v) is 4.29.